The fourth-order valence-corrected chi connectivity index (χ4v) is 1.13. The summed E-state index contributed by atoms with van der Waals surface area (Å²) < 4.78 is 0. The summed E-state index contributed by atoms with van der Waals surface area (Å²) in [6.45, 7) is 3.91. The third-order valence-corrected chi connectivity index (χ3v) is 1.77. The molecule has 0 spiro atoms. The first-order valence-corrected chi connectivity index (χ1v) is 4.28. The van der Waals surface area contributed by atoms with Crippen molar-refractivity contribution in [2.45, 2.75) is 13.8 Å². The molecule has 1 nitrogen and oxygen atoms in total. The van der Waals surface area contributed by atoms with Gasteiger partial charge in [0.1, 0.15) is 5.75 Å². The van der Waals surface area contributed by atoms with E-state index < -0.39 is 0 Å². The molecule has 1 aromatic rings. The number of phenolic OH excluding ortho intramolecular Hbond substituents is 1. The molecule has 1 N–H and O–H groups in total. The van der Waals surface area contributed by atoms with Gasteiger partial charge in [-0.25, -0.2) is 0 Å². The molecule has 0 saturated heterocycles. The number of phenols is 1. The van der Waals surface area contributed by atoms with Crippen molar-refractivity contribution in [1.29, 1.82) is 0 Å². The number of hydrogen-bond acceptors (Lipinski definition) is 1. The standard InChI is InChI=1S/C12H13O/c1-3-5-10(4-2)11-6-8-12(13)9-7-11/h3-4,6-9,13H,1-2H3/b5-3?,10-4-. The Morgan fingerprint density at radius 2 is 1.85 bits per heavy atom. The smallest absolute Gasteiger partial charge is 0.115 e. The van der Waals surface area contributed by atoms with E-state index in [1.165, 1.54) is 0 Å². The van der Waals surface area contributed by atoms with Crippen LogP contribution in [0.1, 0.15) is 19.4 Å². The quantitative estimate of drug-likeness (QED) is 0.681. The highest BCUT2D eigenvalue weighted by Gasteiger charge is 1.95. The van der Waals surface area contributed by atoms with Crippen LogP contribution in [0.2, 0.25) is 0 Å². The Bertz CT molecular complexity index is 317. The molecule has 67 valence electrons. The van der Waals surface area contributed by atoms with Crippen molar-refractivity contribution in [2.75, 3.05) is 0 Å². The van der Waals surface area contributed by atoms with Gasteiger partial charge in [0.2, 0.25) is 0 Å². The van der Waals surface area contributed by atoms with Crippen molar-refractivity contribution in [3.05, 3.63) is 48.1 Å². The molecule has 0 aliphatic heterocycles. The van der Waals surface area contributed by atoms with Gasteiger partial charge in [-0.1, -0.05) is 24.3 Å². The first kappa shape index (κ1) is 9.59. The van der Waals surface area contributed by atoms with Gasteiger partial charge < -0.3 is 5.11 Å². The minimum absolute atomic E-state index is 0.291. The zero-order valence-electron chi connectivity index (χ0n) is 7.91. The molecule has 1 radical (unpaired) electrons. The topological polar surface area (TPSA) is 20.2 Å². The van der Waals surface area contributed by atoms with Gasteiger partial charge in [0.05, 0.1) is 0 Å². The molecule has 0 saturated carbocycles. The molecule has 0 atom stereocenters. The highest BCUT2D eigenvalue weighted by molar-refractivity contribution is 5.70. The van der Waals surface area contributed by atoms with Crippen molar-refractivity contribution in [1.82, 2.24) is 0 Å². The minimum Gasteiger partial charge on any atom is -0.508 e. The number of aromatic hydroxyl groups is 1. The van der Waals surface area contributed by atoms with Crippen LogP contribution in [-0.4, -0.2) is 5.11 Å². The lowest BCUT2D eigenvalue weighted by molar-refractivity contribution is 0.475. The van der Waals surface area contributed by atoms with E-state index in [0.29, 0.717) is 5.75 Å². The van der Waals surface area contributed by atoms with Gasteiger partial charge in [-0.15, -0.1) is 0 Å². The fraction of sp³-hybridized carbons (Fsp3) is 0.167. The summed E-state index contributed by atoms with van der Waals surface area (Å²) in [5.74, 6) is 0.291. The second-order valence-electron chi connectivity index (χ2n) is 2.68. The first-order valence-electron chi connectivity index (χ1n) is 4.28. The Kier molecular flexibility index (Phi) is 3.32. The van der Waals surface area contributed by atoms with Gasteiger partial charge in [0.15, 0.2) is 0 Å². The number of hydrogen-bond donors (Lipinski definition) is 1. The SMILES string of the molecule is C/C=C(/[C]=C/C)c1ccc(O)cc1. The number of rotatable bonds is 2. The predicted octanol–water partition coefficient (Wildman–Crippen LogP) is 3.17. The molecular weight excluding hydrogens is 160 g/mol. The second kappa shape index (κ2) is 4.51. The lowest BCUT2D eigenvalue weighted by atomic mass is 10.1. The van der Waals surface area contributed by atoms with Crippen LogP contribution in [0.5, 0.6) is 5.75 Å². The van der Waals surface area contributed by atoms with E-state index in [-0.39, 0.29) is 0 Å². The molecule has 0 aromatic heterocycles. The van der Waals surface area contributed by atoms with Crippen molar-refractivity contribution in [2.24, 2.45) is 0 Å². The van der Waals surface area contributed by atoms with Crippen LogP contribution in [0.4, 0.5) is 0 Å². The highest BCUT2D eigenvalue weighted by atomic mass is 16.3. The lowest BCUT2D eigenvalue weighted by Crippen LogP contribution is -1.79. The van der Waals surface area contributed by atoms with Gasteiger partial charge in [0, 0.05) is 0 Å². The van der Waals surface area contributed by atoms with Gasteiger partial charge in [-0.3, -0.25) is 0 Å². The number of allylic oxidation sites excluding steroid dienone is 4. The molecule has 1 aromatic carbocycles. The second-order valence-corrected chi connectivity index (χ2v) is 2.68. The minimum atomic E-state index is 0.291. The zero-order valence-corrected chi connectivity index (χ0v) is 7.91. The summed E-state index contributed by atoms with van der Waals surface area (Å²) in [7, 11) is 0. The molecule has 0 aliphatic rings. The predicted molar refractivity (Wildman–Crippen MR) is 55.2 cm³/mol. The zero-order chi connectivity index (χ0) is 9.68. The molecule has 0 bridgehead atoms. The first-order chi connectivity index (χ1) is 6.27. The van der Waals surface area contributed by atoms with E-state index in [1.54, 1.807) is 12.1 Å². The van der Waals surface area contributed by atoms with Crippen LogP contribution in [0, 0.1) is 6.08 Å². The summed E-state index contributed by atoms with van der Waals surface area (Å²) in [6.07, 6.45) is 6.99. The molecular formula is C12H13O. The van der Waals surface area contributed by atoms with E-state index in [4.69, 9.17) is 5.11 Å². The number of benzene rings is 1. The summed E-state index contributed by atoms with van der Waals surface area (Å²) in [5, 5.41) is 9.09. The molecule has 1 rings (SSSR count). The molecule has 13 heavy (non-hydrogen) atoms. The molecule has 0 unspecified atom stereocenters. The van der Waals surface area contributed by atoms with E-state index in [9.17, 15) is 0 Å². The largest absolute Gasteiger partial charge is 0.508 e. The monoisotopic (exact) mass is 173 g/mol. The maximum absolute atomic E-state index is 9.09. The molecule has 0 aliphatic carbocycles. The normalized spacial score (nSPS) is 12.3. The van der Waals surface area contributed by atoms with Crippen molar-refractivity contribution in [3.63, 3.8) is 0 Å². The van der Waals surface area contributed by atoms with Crippen molar-refractivity contribution >= 4 is 5.57 Å². The fourth-order valence-electron chi connectivity index (χ4n) is 1.13. The third-order valence-electron chi connectivity index (χ3n) is 1.77. The van der Waals surface area contributed by atoms with E-state index in [0.717, 1.165) is 11.1 Å². The summed E-state index contributed by atoms with van der Waals surface area (Å²) in [6, 6.07) is 7.11. The van der Waals surface area contributed by atoms with Crippen LogP contribution in [0.25, 0.3) is 5.57 Å². The van der Waals surface area contributed by atoms with E-state index >= 15 is 0 Å². The molecule has 0 fully saturated rings. The average molecular weight is 173 g/mol. The van der Waals surface area contributed by atoms with Crippen LogP contribution < -0.4 is 0 Å². The van der Waals surface area contributed by atoms with Gasteiger partial charge in [0.25, 0.3) is 0 Å². The summed E-state index contributed by atoms with van der Waals surface area (Å²) in [5.41, 5.74) is 2.11. The average Bonchev–Trinajstić information content (AvgIpc) is 2.16. The van der Waals surface area contributed by atoms with Crippen LogP contribution >= 0.6 is 0 Å². The van der Waals surface area contributed by atoms with Gasteiger partial charge >= 0.3 is 0 Å². The van der Waals surface area contributed by atoms with Crippen LogP contribution in [-0.2, 0) is 0 Å². The maximum Gasteiger partial charge on any atom is 0.115 e. The maximum atomic E-state index is 9.09. The molecule has 1 heteroatoms. The highest BCUT2D eigenvalue weighted by Crippen LogP contribution is 2.18. The van der Waals surface area contributed by atoms with Crippen LogP contribution in [0.3, 0.4) is 0 Å². The van der Waals surface area contributed by atoms with Crippen molar-refractivity contribution < 1.29 is 5.11 Å². The Morgan fingerprint density at radius 1 is 1.23 bits per heavy atom. The lowest BCUT2D eigenvalue weighted by Gasteiger charge is -2.00. The van der Waals surface area contributed by atoms with Crippen molar-refractivity contribution in [3.8, 4) is 5.75 Å². The third kappa shape index (κ3) is 2.48. The summed E-state index contributed by atoms with van der Waals surface area (Å²) >= 11 is 0. The van der Waals surface area contributed by atoms with Gasteiger partial charge in [-0.05, 0) is 43.2 Å². The van der Waals surface area contributed by atoms with Crippen LogP contribution in [0.15, 0.2) is 36.4 Å². The van der Waals surface area contributed by atoms with E-state index in [2.05, 4.69) is 6.08 Å². The molecule has 0 amide bonds. The van der Waals surface area contributed by atoms with E-state index in [1.807, 2.05) is 38.1 Å². The Balaban J connectivity index is 3.00. The Morgan fingerprint density at radius 3 is 2.31 bits per heavy atom. The van der Waals surface area contributed by atoms with Gasteiger partial charge in [-0.2, -0.15) is 0 Å². The Hall–Kier alpha value is -1.50. The Labute approximate surface area is 79.0 Å². The summed E-state index contributed by atoms with van der Waals surface area (Å²) in [4.78, 5) is 0. The molecule has 0 heterocycles.